The van der Waals surface area contributed by atoms with Gasteiger partial charge in [0.15, 0.2) is 0 Å². The number of allylic oxidation sites excluding steroid dienone is 2. The number of rotatable bonds is 0. The van der Waals surface area contributed by atoms with Crippen molar-refractivity contribution >= 4 is 0 Å². The molecule has 1 aliphatic carbocycles. The zero-order valence-corrected chi connectivity index (χ0v) is 6.59. The fourth-order valence-electron chi connectivity index (χ4n) is 1.42. The van der Waals surface area contributed by atoms with E-state index in [0.29, 0.717) is 0 Å². The first-order valence-electron chi connectivity index (χ1n) is 3.88. The number of hydrogen-bond acceptors (Lipinski definition) is 0. The summed E-state index contributed by atoms with van der Waals surface area (Å²) in [5, 5.41) is 0. The summed E-state index contributed by atoms with van der Waals surface area (Å²) in [6, 6.07) is 0. The smallest absolute Gasteiger partial charge is 0.0234 e. The van der Waals surface area contributed by atoms with Crippen molar-refractivity contribution in [2.45, 2.75) is 27.2 Å². The zero-order valence-electron chi connectivity index (χ0n) is 6.59. The molecule has 0 amide bonds. The van der Waals surface area contributed by atoms with Crippen molar-refractivity contribution in [1.82, 2.24) is 0 Å². The Morgan fingerprint density at radius 3 is 2.33 bits per heavy atom. The van der Waals surface area contributed by atoms with Crippen molar-refractivity contribution in [2.24, 2.45) is 17.8 Å². The summed E-state index contributed by atoms with van der Waals surface area (Å²) in [6.07, 6.45) is 5.94. The Morgan fingerprint density at radius 1 is 1.22 bits per heavy atom. The topological polar surface area (TPSA) is 0 Å². The van der Waals surface area contributed by atoms with Crippen LogP contribution < -0.4 is 0 Å². The second-order valence-electron chi connectivity index (χ2n) is 3.36. The average molecular weight is 124 g/mol. The SMILES string of the molecule is CC1C=CCC(C)[C@@H]1C. The van der Waals surface area contributed by atoms with E-state index >= 15 is 0 Å². The first-order chi connectivity index (χ1) is 4.22. The minimum absolute atomic E-state index is 0.800. The Hall–Kier alpha value is -0.260. The van der Waals surface area contributed by atoms with E-state index in [9.17, 15) is 0 Å². The third kappa shape index (κ3) is 1.35. The second-order valence-corrected chi connectivity index (χ2v) is 3.36. The van der Waals surface area contributed by atoms with Crippen LogP contribution in [0.25, 0.3) is 0 Å². The molecule has 52 valence electrons. The van der Waals surface area contributed by atoms with E-state index < -0.39 is 0 Å². The highest BCUT2D eigenvalue weighted by Gasteiger charge is 2.18. The Balaban J connectivity index is 2.58. The van der Waals surface area contributed by atoms with Crippen LogP contribution in [0.5, 0.6) is 0 Å². The second kappa shape index (κ2) is 2.55. The molecule has 2 unspecified atom stereocenters. The standard InChI is InChI=1S/C9H16/c1-7-5-4-6-8(2)9(7)3/h4-5,7-9H,6H2,1-3H3/t7?,8?,9-/m1/s1. The summed E-state index contributed by atoms with van der Waals surface area (Å²) < 4.78 is 0. The molecule has 0 radical (unpaired) electrons. The van der Waals surface area contributed by atoms with Crippen molar-refractivity contribution in [3.05, 3.63) is 12.2 Å². The van der Waals surface area contributed by atoms with Gasteiger partial charge < -0.3 is 0 Å². The average Bonchev–Trinajstić information content (AvgIpc) is 1.83. The van der Waals surface area contributed by atoms with Gasteiger partial charge in [0.2, 0.25) is 0 Å². The van der Waals surface area contributed by atoms with Gasteiger partial charge in [0.25, 0.3) is 0 Å². The van der Waals surface area contributed by atoms with Crippen LogP contribution in [0, 0.1) is 17.8 Å². The third-order valence-electron chi connectivity index (χ3n) is 2.67. The van der Waals surface area contributed by atoms with E-state index in [2.05, 4.69) is 32.9 Å². The van der Waals surface area contributed by atoms with E-state index in [1.54, 1.807) is 0 Å². The Kier molecular flexibility index (Phi) is 1.94. The molecule has 0 N–H and O–H groups in total. The van der Waals surface area contributed by atoms with Gasteiger partial charge in [-0.15, -0.1) is 0 Å². The van der Waals surface area contributed by atoms with Crippen LogP contribution in [0.2, 0.25) is 0 Å². The molecule has 1 rings (SSSR count). The molecule has 0 saturated heterocycles. The summed E-state index contributed by atoms with van der Waals surface area (Å²) in [5.74, 6) is 2.58. The monoisotopic (exact) mass is 124 g/mol. The van der Waals surface area contributed by atoms with Crippen LogP contribution in [-0.4, -0.2) is 0 Å². The predicted molar refractivity (Wildman–Crippen MR) is 41.2 cm³/mol. The summed E-state index contributed by atoms with van der Waals surface area (Å²) in [7, 11) is 0. The first-order valence-corrected chi connectivity index (χ1v) is 3.88. The molecule has 0 spiro atoms. The minimum atomic E-state index is 0.800. The zero-order chi connectivity index (χ0) is 6.85. The molecule has 0 fully saturated rings. The van der Waals surface area contributed by atoms with E-state index in [0.717, 1.165) is 17.8 Å². The fraction of sp³-hybridized carbons (Fsp3) is 0.778. The lowest BCUT2D eigenvalue weighted by molar-refractivity contribution is 0.305. The molecule has 9 heavy (non-hydrogen) atoms. The van der Waals surface area contributed by atoms with Crippen LogP contribution in [0.3, 0.4) is 0 Å². The highest BCUT2D eigenvalue weighted by molar-refractivity contribution is 4.96. The van der Waals surface area contributed by atoms with E-state index in [-0.39, 0.29) is 0 Å². The van der Waals surface area contributed by atoms with Crippen molar-refractivity contribution in [3.63, 3.8) is 0 Å². The van der Waals surface area contributed by atoms with Gasteiger partial charge in [-0.3, -0.25) is 0 Å². The highest BCUT2D eigenvalue weighted by Crippen LogP contribution is 2.28. The van der Waals surface area contributed by atoms with Gasteiger partial charge in [0.05, 0.1) is 0 Å². The Bertz CT molecular complexity index is 113. The lowest BCUT2D eigenvalue weighted by Gasteiger charge is -2.26. The predicted octanol–water partition coefficient (Wildman–Crippen LogP) is 2.85. The van der Waals surface area contributed by atoms with Gasteiger partial charge in [-0.2, -0.15) is 0 Å². The van der Waals surface area contributed by atoms with Crippen molar-refractivity contribution in [2.75, 3.05) is 0 Å². The lowest BCUT2D eigenvalue weighted by Crippen LogP contribution is -2.17. The molecule has 1 aliphatic rings. The van der Waals surface area contributed by atoms with Gasteiger partial charge in [-0.1, -0.05) is 32.9 Å². The van der Waals surface area contributed by atoms with Crippen LogP contribution in [0.1, 0.15) is 27.2 Å². The molecular formula is C9H16. The van der Waals surface area contributed by atoms with Crippen molar-refractivity contribution in [3.8, 4) is 0 Å². The Labute approximate surface area is 58.0 Å². The van der Waals surface area contributed by atoms with Crippen molar-refractivity contribution in [1.29, 1.82) is 0 Å². The summed E-state index contributed by atoms with van der Waals surface area (Å²) in [6.45, 7) is 6.99. The maximum atomic E-state index is 2.35. The van der Waals surface area contributed by atoms with E-state index in [1.807, 2.05) is 0 Å². The lowest BCUT2D eigenvalue weighted by atomic mass is 9.79. The van der Waals surface area contributed by atoms with E-state index in [1.165, 1.54) is 6.42 Å². The van der Waals surface area contributed by atoms with Crippen LogP contribution >= 0.6 is 0 Å². The van der Waals surface area contributed by atoms with Gasteiger partial charge in [-0.05, 0) is 24.2 Å². The molecule has 0 heteroatoms. The summed E-state index contributed by atoms with van der Waals surface area (Å²) >= 11 is 0. The molecule has 0 saturated carbocycles. The Morgan fingerprint density at radius 2 is 1.89 bits per heavy atom. The molecule has 0 aromatic heterocycles. The van der Waals surface area contributed by atoms with Crippen LogP contribution in [-0.2, 0) is 0 Å². The molecule has 0 aromatic carbocycles. The van der Waals surface area contributed by atoms with Gasteiger partial charge in [0.1, 0.15) is 0 Å². The third-order valence-corrected chi connectivity index (χ3v) is 2.67. The maximum Gasteiger partial charge on any atom is -0.0234 e. The largest absolute Gasteiger partial charge is 0.0880 e. The van der Waals surface area contributed by atoms with E-state index in [4.69, 9.17) is 0 Å². The molecule has 0 heterocycles. The summed E-state index contributed by atoms with van der Waals surface area (Å²) in [5.41, 5.74) is 0. The molecule has 0 nitrogen and oxygen atoms in total. The minimum Gasteiger partial charge on any atom is -0.0880 e. The van der Waals surface area contributed by atoms with Gasteiger partial charge in [0, 0.05) is 0 Å². The molecule has 0 aromatic rings. The fourth-order valence-corrected chi connectivity index (χ4v) is 1.42. The molecule has 0 aliphatic heterocycles. The molecule has 0 bridgehead atoms. The molecule has 3 atom stereocenters. The normalized spacial score (nSPS) is 43.2. The van der Waals surface area contributed by atoms with Crippen LogP contribution in [0.15, 0.2) is 12.2 Å². The quantitative estimate of drug-likeness (QED) is 0.435. The number of hydrogen-bond donors (Lipinski definition) is 0. The van der Waals surface area contributed by atoms with Crippen molar-refractivity contribution < 1.29 is 0 Å². The van der Waals surface area contributed by atoms with Crippen LogP contribution in [0.4, 0.5) is 0 Å². The molecular weight excluding hydrogens is 108 g/mol. The summed E-state index contributed by atoms with van der Waals surface area (Å²) in [4.78, 5) is 0. The first kappa shape index (κ1) is 6.85. The van der Waals surface area contributed by atoms with Gasteiger partial charge in [-0.25, -0.2) is 0 Å². The maximum absolute atomic E-state index is 2.35. The van der Waals surface area contributed by atoms with Gasteiger partial charge >= 0.3 is 0 Å². The highest BCUT2D eigenvalue weighted by atomic mass is 14.2.